The van der Waals surface area contributed by atoms with Crippen molar-refractivity contribution in [3.8, 4) is 0 Å². The van der Waals surface area contributed by atoms with Gasteiger partial charge in [0.25, 0.3) is 5.91 Å². The summed E-state index contributed by atoms with van der Waals surface area (Å²) in [5, 5.41) is 6.98. The van der Waals surface area contributed by atoms with Crippen LogP contribution in [0.3, 0.4) is 0 Å². The minimum atomic E-state index is -0.465. The molecule has 0 bridgehead atoms. The first-order valence-electron chi connectivity index (χ1n) is 9.11. The van der Waals surface area contributed by atoms with Gasteiger partial charge in [0.2, 0.25) is 5.91 Å². The number of nitrogens with one attached hydrogen (secondary N) is 1. The Kier molecular flexibility index (Phi) is 5.22. The van der Waals surface area contributed by atoms with Crippen LogP contribution in [0.2, 0.25) is 0 Å². The van der Waals surface area contributed by atoms with Gasteiger partial charge in [-0.25, -0.2) is 9.48 Å². The third-order valence-electron chi connectivity index (χ3n) is 4.67. The molecule has 1 N–H and O–H groups in total. The zero-order valence-electron chi connectivity index (χ0n) is 16.6. The summed E-state index contributed by atoms with van der Waals surface area (Å²) < 4.78 is 1.67. The highest BCUT2D eigenvalue weighted by Crippen LogP contribution is 2.22. The summed E-state index contributed by atoms with van der Waals surface area (Å²) in [6.45, 7) is 6.67. The van der Waals surface area contributed by atoms with Crippen LogP contribution in [0.4, 0.5) is 10.6 Å². The van der Waals surface area contributed by atoms with E-state index in [1.54, 1.807) is 16.9 Å². The summed E-state index contributed by atoms with van der Waals surface area (Å²) in [4.78, 5) is 38.2. The average molecular weight is 383 g/mol. The molecule has 1 saturated heterocycles. The van der Waals surface area contributed by atoms with E-state index in [0.717, 1.165) is 10.5 Å². The number of likely N-dealkylation sites (N-methyl/N-ethyl adjacent to an activating group) is 1. The number of benzene rings is 1. The number of hydrogen-bond acceptors (Lipinski definition) is 4. The van der Waals surface area contributed by atoms with Crippen LogP contribution in [0.15, 0.2) is 36.5 Å². The number of amides is 4. The van der Waals surface area contributed by atoms with Crippen molar-refractivity contribution in [2.75, 3.05) is 25.5 Å². The first-order chi connectivity index (χ1) is 13.1. The number of carbonyl (C=O) groups excluding carboxylic acids is 3. The van der Waals surface area contributed by atoms with Crippen molar-refractivity contribution in [3.05, 3.63) is 47.7 Å². The molecule has 4 amide bonds. The van der Waals surface area contributed by atoms with Gasteiger partial charge in [-0.2, -0.15) is 5.10 Å². The Labute approximate surface area is 164 Å². The van der Waals surface area contributed by atoms with Crippen molar-refractivity contribution in [2.45, 2.75) is 32.7 Å². The van der Waals surface area contributed by atoms with Crippen LogP contribution < -0.4 is 5.32 Å². The molecule has 1 fully saturated rings. The van der Waals surface area contributed by atoms with E-state index in [4.69, 9.17) is 0 Å². The Morgan fingerprint density at radius 2 is 1.82 bits per heavy atom. The number of nitrogens with zero attached hydrogens (tertiary/aromatic N) is 4. The minimum absolute atomic E-state index is 0.00535. The van der Waals surface area contributed by atoms with Crippen LogP contribution in [-0.2, 0) is 21.5 Å². The van der Waals surface area contributed by atoms with Crippen LogP contribution in [0.25, 0.3) is 0 Å². The molecule has 2 heterocycles. The Balaban J connectivity index is 1.64. The van der Waals surface area contributed by atoms with Gasteiger partial charge in [0.05, 0.1) is 12.7 Å². The highest BCUT2D eigenvalue weighted by Gasteiger charge is 2.34. The molecule has 1 aromatic heterocycles. The second-order valence-corrected chi connectivity index (χ2v) is 7.99. The molecule has 1 aliphatic heterocycles. The van der Waals surface area contributed by atoms with Gasteiger partial charge in [0.1, 0.15) is 18.9 Å². The summed E-state index contributed by atoms with van der Waals surface area (Å²) >= 11 is 0. The predicted octanol–water partition coefficient (Wildman–Crippen LogP) is 2.06. The third-order valence-corrected chi connectivity index (χ3v) is 4.67. The largest absolute Gasteiger partial charge is 0.327 e. The number of imide groups is 1. The van der Waals surface area contributed by atoms with E-state index in [2.05, 4.69) is 43.3 Å². The van der Waals surface area contributed by atoms with Crippen molar-refractivity contribution in [1.29, 1.82) is 0 Å². The molecule has 0 unspecified atom stereocenters. The maximum atomic E-state index is 12.3. The zero-order chi connectivity index (χ0) is 20.5. The summed E-state index contributed by atoms with van der Waals surface area (Å²) in [6.07, 6.45) is 1.60. The van der Waals surface area contributed by atoms with Gasteiger partial charge in [0.15, 0.2) is 0 Å². The lowest BCUT2D eigenvalue weighted by Gasteiger charge is -2.19. The van der Waals surface area contributed by atoms with E-state index >= 15 is 0 Å². The Morgan fingerprint density at radius 1 is 1.14 bits per heavy atom. The van der Waals surface area contributed by atoms with Crippen molar-refractivity contribution >= 4 is 23.7 Å². The van der Waals surface area contributed by atoms with Crippen LogP contribution in [0.5, 0.6) is 0 Å². The topological polar surface area (TPSA) is 87.5 Å². The van der Waals surface area contributed by atoms with E-state index in [1.807, 2.05) is 12.1 Å². The number of hydrogen-bond donors (Lipinski definition) is 1. The summed E-state index contributed by atoms with van der Waals surface area (Å²) in [7, 11) is 1.53. The molecular weight excluding hydrogens is 358 g/mol. The van der Waals surface area contributed by atoms with Gasteiger partial charge < -0.3 is 10.2 Å². The fourth-order valence-electron chi connectivity index (χ4n) is 3.00. The van der Waals surface area contributed by atoms with Crippen LogP contribution >= 0.6 is 0 Å². The Bertz CT molecular complexity index is 895. The highest BCUT2D eigenvalue weighted by atomic mass is 16.2. The van der Waals surface area contributed by atoms with Crippen molar-refractivity contribution < 1.29 is 14.4 Å². The third kappa shape index (κ3) is 4.21. The van der Waals surface area contributed by atoms with E-state index < -0.39 is 11.9 Å². The van der Waals surface area contributed by atoms with Crippen molar-refractivity contribution in [3.63, 3.8) is 0 Å². The number of carbonyl (C=O) groups is 3. The molecule has 0 saturated carbocycles. The fraction of sp³-hybridized carbons (Fsp3) is 0.400. The smallest absolute Gasteiger partial charge is 0.318 e. The van der Waals surface area contributed by atoms with Gasteiger partial charge in [-0.05, 0) is 16.5 Å². The second kappa shape index (κ2) is 7.46. The number of rotatable bonds is 5. The normalized spacial score (nSPS) is 14.7. The standard InChI is InChI=1S/C20H25N5O3/c1-20(2,3)15-7-5-14(6-8-15)11-25-16(9-10-21-25)22-17(26)12-24-18(27)13-23(4)19(24)28/h5-10H,11-13H2,1-4H3,(H,22,26). The van der Waals surface area contributed by atoms with Gasteiger partial charge in [-0.1, -0.05) is 45.0 Å². The van der Waals surface area contributed by atoms with E-state index in [1.165, 1.54) is 17.5 Å². The predicted molar refractivity (Wildman–Crippen MR) is 105 cm³/mol. The summed E-state index contributed by atoms with van der Waals surface area (Å²) in [6, 6.07) is 9.50. The van der Waals surface area contributed by atoms with Crippen LogP contribution in [0.1, 0.15) is 31.9 Å². The van der Waals surface area contributed by atoms with Crippen LogP contribution in [0, 0.1) is 0 Å². The monoisotopic (exact) mass is 383 g/mol. The molecule has 3 rings (SSSR count). The molecule has 8 heteroatoms. The molecule has 0 aliphatic carbocycles. The molecule has 0 spiro atoms. The molecular formula is C20H25N5O3. The lowest BCUT2D eigenvalue weighted by atomic mass is 9.87. The maximum Gasteiger partial charge on any atom is 0.327 e. The van der Waals surface area contributed by atoms with Gasteiger partial charge in [-0.3, -0.25) is 14.5 Å². The summed E-state index contributed by atoms with van der Waals surface area (Å²) in [5.41, 5.74) is 2.39. The number of anilines is 1. The lowest BCUT2D eigenvalue weighted by Crippen LogP contribution is -2.38. The van der Waals surface area contributed by atoms with Gasteiger partial charge >= 0.3 is 6.03 Å². The SMILES string of the molecule is CN1CC(=O)N(CC(=O)Nc2ccnn2Cc2ccc(C(C)(C)C)cc2)C1=O. The van der Waals surface area contributed by atoms with E-state index in [-0.39, 0.29) is 24.4 Å². The molecule has 1 aliphatic rings. The van der Waals surface area contributed by atoms with Crippen LogP contribution in [-0.4, -0.2) is 57.6 Å². The maximum absolute atomic E-state index is 12.3. The lowest BCUT2D eigenvalue weighted by molar-refractivity contribution is -0.129. The molecule has 148 valence electrons. The first-order valence-corrected chi connectivity index (χ1v) is 9.11. The zero-order valence-corrected chi connectivity index (χ0v) is 16.6. The van der Waals surface area contributed by atoms with Crippen molar-refractivity contribution in [2.24, 2.45) is 0 Å². The quantitative estimate of drug-likeness (QED) is 0.801. The fourth-order valence-corrected chi connectivity index (χ4v) is 3.00. The molecule has 0 atom stereocenters. The molecule has 28 heavy (non-hydrogen) atoms. The minimum Gasteiger partial charge on any atom is -0.318 e. The highest BCUT2D eigenvalue weighted by molar-refractivity contribution is 6.06. The van der Waals surface area contributed by atoms with E-state index in [9.17, 15) is 14.4 Å². The summed E-state index contributed by atoms with van der Waals surface area (Å²) in [5.74, 6) is -0.311. The van der Waals surface area contributed by atoms with E-state index in [0.29, 0.717) is 12.4 Å². The molecule has 0 radical (unpaired) electrons. The Morgan fingerprint density at radius 3 is 2.39 bits per heavy atom. The van der Waals surface area contributed by atoms with Gasteiger partial charge in [0, 0.05) is 13.1 Å². The average Bonchev–Trinajstić information content (AvgIpc) is 3.14. The molecule has 8 nitrogen and oxygen atoms in total. The first kappa shape index (κ1) is 19.6. The molecule has 2 aromatic rings. The molecule has 1 aromatic carbocycles. The second-order valence-electron chi connectivity index (χ2n) is 7.99. The van der Waals surface area contributed by atoms with Crippen molar-refractivity contribution in [1.82, 2.24) is 19.6 Å². The Hall–Kier alpha value is -3.16. The number of urea groups is 1. The number of aromatic nitrogens is 2. The van der Waals surface area contributed by atoms with Gasteiger partial charge in [-0.15, -0.1) is 0 Å².